The SMILES string of the molecule is COc1cc(-c2cc(C#N)on2)ccc1O. The minimum Gasteiger partial charge on any atom is -0.504 e. The van der Waals surface area contributed by atoms with Gasteiger partial charge in [0.1, 0.15) is 11.8 Å². The predicted molar refractivity (Wildman–Crippen MR) is 54.9 cm³/mol. The molecule has 0 aliphatic rings. The van der Waals surface area contributed by atoms with Crippen LogP contribution < -0.4 is 4.74 Å². The van der Waals surface area contributed by atoms with Crippen molar-refractivity contribution in [3.8, 4) is 28.8 Å². The molecule has 0 fully saturated rings. The summed E-state index contributed by atoms with van der Waals surface area (Å²) in [5, 5.41) is 21.7. The van der Waals surface area contributed by atoms with Crippen LogP contribution in [0.2, 0.25) is 0 Å². The molecule has 1 aromatic heterocycles. The smallest absolute Gasteiger partial charge is 0.236 e. The predicted octanol–water partition coefficient (Wildman–Crippen LogP) is 1.93. The van der Waals surface area contributed by atoms with Gasteiger partial charge >= 0.3 is 0 Å². The Morgan fingerprint density at radius 1 is 1.44 bits per heavy atom. The molecule has 0 unspecified atom stereocenters. The number of methoxy groups -OCH3 is 1. The van der Waals surface area contributed by atoms with Gasteiger partial charge in [0.2, 0.25) is 5.76 Å². The monoisotopic (exact) mass is 216 g/mol. The van der Waals surface area contributed by atoms with Gasteiger partial charge in [0, 0.05) is 11.6 Å². The van der Waals surface area contributed by atoms with Crippen LogP contribution in [0.4, 0.5) is 0 Å². The number of nitrogens with zero attached hydrogens (tertiary/aromatic N) is 2. The zero-order valence-electron chi connectivity index (χ0n) is 8.47. The summed E-state index contributed by atoms with van der Waals surface area (Å²) < 4.78 is 9.72. The second-order valence-corrected chi connectivity index (χ2v) is 3.07. The van der Waals surface area contributed by atoms with E-state index in [9.17, 15) is 5.11 Å². The van der Waals surface area contributed by atoms with Crippen LogP contribution in [-0.2, 0) is 0 Å². The van der Waals surface area contributed by atoms with Crippen molar-refractivity contribution in [1.29, 1.82) is 5.26 Å². The molecule has 2 rings (SSSR count). The van der Waals surface area contributed by atoms with Gasteiger partial charge in [-0.1, -0.05) is 5.16 Å². The number of ether oxygens (including phenoxy) is 1. The lowest BCUT2D eigenvalue weighted by Gasteiger charge is -2.03. The van der Waals surface area contributed by atoms with Gasteiger partial charge in [-0.3, -0.25) is 0 Å². The molecule has 1 aromatic carbocycles. The van der Waals surface area contributed by atoms with Gasteiger partial charge in [0.15, 0.2) is 11.5 Å². The van der Waals surface area contributed by atoms with E-state index in [4.69, 9.17) is 14.5 Å². The Labute approximate surface area is 91.5 Å². The first-order chi connectivity index (χ1) is 7.74. The fourth-order valence-corrected chi connectivity index (χ4v) is 1.30. The molecule has 0 spiro atoms. The van der Waals surface area contributed by atoms with Crippen LogP contribution in [0.3, 0.4) is 0 Å². The van der Waals surface area contributed by atoms with E-state index in [0.29, 0.717) is 17.0 Å². The highest BCUT2D eigenvalue weighted by Gasteiger charge is 2.09. The van der Waals surface area contributed by atoms with Crippen molar-refractivity contribution >= 4 is 0 Å². The molecule has 0 amide bonds. The lowest BCUT2D eigenvalue weighted by Crippen LogP contribution is -1.85. The summed E-state index contributed by atoms with van der Waals surface area (Å²) in [5.74, 6) is 0.538. The van der Waals surface area contributed by atoms with Crippen molar-refractivity contribution in [2.75, 3.05) is 7.11 Å². The molecule has 1 heterocycles. The van der Waals surface area contributed by atoms with Crippen molar-refractivity contribution in [3.05, 3.63) is 30.0 Å². The first kappa shape index (κ1) is 10.1. The summed E-state index contributed by atoms with van der Waals surface area (Å²) in [6, 6.07) is 8.14. The van der Waals surface area contributed by atoms with E-state index < -0.39 is 0 Å². The highest BCUT2D eigenvalue weighted by Crippen LogP contribution is 2.30. The van der Waals surface area contributed by atoms with E-state index in [0.717, 1.165) is 0 Å². The zero-order valence-corrected chi connectivity index (χ0v) is 8.47. The minimum atomic E-state index is 0.0512. The van der Waals surface area contributed by atoms with E-state index in [2.05, 4.69) is 5.16 Å². The summed E-state index contributed by atoms with van der Waals surface area (Å²) in [6.07, 6.45) is 0. The highest BCUT2D eigenvalue weighted by atomic mass is 16.5. The third-order valence-corrected chi connectivity index (χ3v) is 2.10. The average molecular weight is 216 g/mol. The van der Waals surface area contributed by atoms with Crippen LogP contribution in [0.1, 0.15) is 5.76 Å². The molecule has 5 heteroatoms. The number of benzene rings is 1. The molecule has 0 bridgehead atoms. The lowest BCUT2D eigenvalue weighted by atomic mass is 10.1. The van der Waals surface area contributed by atoms with E-state index in [1.807, 2.05) is 6.07 Å². The normalized spacial score (nSPS) is 9.75. The molecule has 0 aliphatic carbocycles. The van der Waals surface area contributed by atoms with Crippen LogP contribution in [-0.4, -0.2) is 17.4 Å². The Morgan fingerprint density at radius 2 is 2.25 bits per heavy atom. The zero-order chi connectivity index (χ0) is 11.5. The highest BCUT2D eigenvalue weighted by molar-refractivity contribution is 5.64. The van der Waals surface area contributed by atoms with Crippen molar-refractivity contribution in [2.24, 2.45) is 0 Å². The van der Waals surface area contributed by atoms with E-state index in [-0.39, 0.29) is 11.5 Å². The van der Waals surface area contributed by atoms with Crippen molar-refractivity contribution in [1.82, 2.24) is 5.16 Å². The Bertz CT molecular complexity index is 555. The molecule has 0 aliphatic heterocycles. The van der Waals surface area contributed by atoms with Gasteiger partial charge < -0.3 is 14.4 Å². The van der Waals surface area contributed by atoms with Crippen LogP contribution in [0.25, 0.3) is 11.3 Å². The number of phenolic OH excluding ortho intramolecular Hbond substituents is 1. The van der Waals surface area contributed by atoms with Gasteiger partial charge in [0.05, 0.1) is 7.11 Å². The van der Waals surface area contributed by atoms with Crippen LogP contribution in [0.15, 0.2) is 28.8 Å². The Morgan fingerprint density at radius 3 is 2.88 bits per heavy atom. The third-order valence-electron chi connectivity index (χ3n) is 2.10. The minimum absolute atomic E-state index is 0.0512. The number of rotatable bonds is 2. The molecular weight excluding hydrogens is 208 g/mol. The molecule has 5 nitrogen and oxygen atoms in total. The average Bonchev–Trinajstić information content (AvgIpc) is 2.78. The maximum Gasteiger partial charge on any atom is 0.236 e. The van der Waals surface area contributed by atoms with Gasteiger partial charge in [-0.05, 0) is 18.2 Å². The van der Waals surface area contributed by atoms with Crippen LogP contribution in [0, 0.1) is 11.3 Å². The van der Waals surface area contributed by atoms with Gasteiger partial charge in [-0.2, -0.15) is 5.26 Å². The van der Waals surface area contributed by atoms with E-state index in [1.165, 1.54) is 19.2 Å². The largest absolute Gasteiger partial charge is 0.504 e. The number of hydrogen-bond acceptors (Lipinski definition) is 5. The first-order valence-electron chi connectivity index (χ1n) is 4.49. The first-order valence-corrected chi connectivity index (χ1v) is 4.49. The molecule has 0 radical (unpaired) electrons. The third kappa shape index (κ3) is 1.68. The Hall–Kier alpha value is -2.48. The van der Waals surface area contributed by atoms with Gasteiger partial charge in [-0.15, -0.1) is 0 Å². The second kappa shape index (κ2) is 3.95. The summed E-state index contributed by atoms with van der Waals surface area (Å²) in [7, 11) is 1.46. The Balaban J connectivity index is 2.45. The maximum absolute atomic E-state index is 9.41. The van der Waals surface area contributed by atoms with E-state index in [1.54, 1.807) is 12.1 Å². The fourth-order valence-electron chi connectivity index (χ4n) is 1.30. The molecule has 80 valence electrons. The molecule has 0 saturated heterocycles. The summed E-state index contributed by atoms with van der Waals surface area (Å²) in [6.45, 7) is 0. The number of aromatic nitrogens is 1. The van der Waals surface area contributed by atoms with Crippen LogP contribution >= 0.6 is 0 Å². The number of nitriles is 1. The number of hydrogen-bond donors (Lipinski definition) is 1. The quantitative estimate of drug-likeness (QED) is 0.829. The summed E-state index contributed by atoms with van der Waals surface area (Å²) in [4.78, 5) is 0. The molecular formula is C11H8N2O3. The summed E-state index contributed by atoms with van der Waals surface area (Å²) >= 11 is 0. The van der Waals surface area contributed by atoms with Crippen molar-refractivity contribution in [3.63, 3.8) is 0 Å². The molecule has 0 saturated carbocycles. The molecule has 1 N–H and O–H groups in total. The fraction of sp³-hybridized carbons (Fsp3) is 0.0909. The van der Waals surface area contributed by atoms with E-state index >= 15 is 0 Å². The molecule has 2 aromatic rings. The topological polar surface area (TPSA) is 79.3 Å². The molecule has 16 heavy (non-hydrogen) atoms. The number of phenols is 1. The Kier molecular flexibility index (Phi) is 2.48. The maximum atomic E-state index is 9.41. The van der Waals surface area contributed by atoms with Crippen LogP contribution in [0.5, 0.6) is 11.5 Å². The van der Waals surface area contributed by atoms with Gasteiger partial charge in [0.25, 0.3) is 0 Å². The lowest BCUT2D eigenvalue weighted by molar-refractivity contribution is 0.373. The van der Waals surface area contributed by atoms with Crippen molar-refractivity contribution in [2.45, 2.75) is 0 Å². The summed E-state index contributed by atoms with van der Waals surface area (Å²) in [5.41, 5.74) is 1.23. The van der Waals surface area contributed by atoms with Gasteiger partial charge in [-0.25, -0.2) is 0 Å². The van der Waals surface area contributed by atoms with Crippen molar-refractivity contribution < 1.29 is 14.4 Å². The number of aromatic hydroxyl groups is 1. The standard InChI is InChI=1S/C11H8N2O3/c1-15-11-4-7(2-3-10(11)14)9-5-8(6-12)16-13-9/h2-5,14H,1H3. The second-order valence-electron chi connectivity index (χ2n) is 3.07. The molecule has 0 atom stereocenters.